The molecule has 1 heterocycles. The Balaban J connectivity index is 1.79. The molecule has 1 unspecified atom stereocenters. The molecular weight excluding hydrogens is 391 g/mol. The number of non-ortho nitro benzene ring substituents is 1. The summed E-state index contributed by atoms with van der Waals surface area (Å²) in [4.78, 5) is 44.3. The van der Waals surface area contributed by atoms with E-state index in [9.17, 15) is 29.2 Å². The fraction of sp³-hybridized carbons (Fsp3) is 0.529. The van der Waals surface area contributed by atoms with Crippen molar-refractivity contribution in [2.24, 2.45) is 0 Å². The number of aliphatic carboxylic acids is 1. The van der Waals surface area contributed by atoms with Crippen LogP contribution in [-0.4, -0.2) is 50.9 Å². The Morgan fingerprint density at radius 3 is 2.36 bits per heavy atom. The SMILES string of the molecule is O=C(O)CCCC(=O)N1CCC(OP(=O)(O)Cc2ccc([N+](=O)[O-])cc2)CC1. The Morgan fingerprint density at radius 1 is 1.21 bits per heavy atom. The molecule has 1 atom stereocenters. The average Bonchev–Trinajstić information content (AvgIpc) is 2.61. The van der Waals surface area contributed by atoms with E-state index in [1.54, 1.807) is 4.90 Å². The fourth-order valence-electron chi connectivity index (χ4n) is 2.98. The normalized spacial score (nSPS) is 17.1. The molecule has 0 bridgehead atoms. The maximum Gasteiger partial charge on any atom is 0.332 e. The van der Waals surface area contributed by atoms with E-state index in [0.29, 0.717) is 31.5 Å². The van der Waals surface area contributed by atoms with Gasteiger partial charge in [-0.3, -0.25) is 24.3 Å². The number of rotatable bonds is 9. The van der Waals surface area contributed by atoms with E-state index in [2.05, 4.69) is 0 Å². The number of benzene rings is 1. The fourth-order valence-corrected chi connectivity index (χ4v) is 4.41. The number of nitro benzene ring substituents is 1. The second-order valence-corrected chi connectivity index (χ2v) is 8.45. The molecule has 11 heteroatoms. The zero-order valence-corrected chi connectivity index (χ0v) is 16.1. The minimum absolute atomic E-state index is 0.0539. The summed E-state index contributed by atoms with van der Waals surface area (Å²) in [6, 6.07) is 5.37. The van der Waals surface area contributed by atoms with E-state index >= 15 is 0 Å². The first-order valence-corrected chi connectivity index (χ1v) is 10.7. The summed E-state index contributed by atoms with van der Waals surface area (Å²) in [5, 5.41) is 19.2. The summed E-state index contributed by atoms with van der Waals surface area (Å²) in [7, 11) is -3.93. The number of amides is 1. The maximum absolute atomic E-state index is 12.4. The molecule has 28 heavy (non-hydrogen) atoms. The molecule has 0 radical (unpaired) electrons. The molecule has 1 saturated heterocycles. The van der Waals surface area contributed by atoms with E-state index in [0.717, 1.165) is 0 Å². The highest BCUT2D eigenvalue weighted by atomic mass is 31.2. The van der Waals surface area contributed by atoms with Crippen LogP contribution in [0.4, 0.5) is 5.69 Å². The summed E-state index contributed by atoms with van der Waals surface area (Å²) in [6.07, 6.45) is 0.505. The third-order valence-electron chi connectivity index (χ3n) is 4.42. The molecule has 1 aromatic rings. The van der Waals surface area contributed by atoms with Crippen LogP contribution in [0.5, 0.6) is 0 Å². The van der Waals surface area contributed by atoms with Gasteiger partial charge in [-0.2, -0.15) is 0 Å². The van der Waals surface area contributed by atoms with Gasteiger partial charge in [0.25, 0.3) is 5.69 Å². The molecule has 1 aliphatic rings. The molecule has 1 fully saturated rings. The number of hydrogen-bond donors (Lipinski definition) is 2. The van der Waals surface area contributed by atoms with Gasteiger partial charge in [-0.1, -0.05) is 12.1 Å². The maximum atomic E-state index is 12.4. The molecule has 0 aromatic heterocycles. The lowest BCUT2D eigenvalue weighted by atomic mass is 10.1. The quantitative estimate of drug-likeness (QED) is 0.356. The average molecular weight is 414 g/mol. The Labute approximate surface area is 161 Å². The van der Waals surface area contributed by atoms with Crippen LogP contribution in [0.3, 0.4) is 0 Å². The van der Waals surface area contributed by atoms with Gasteiger partial charge in [-0.15, -0.1) is 0 Å². The van der Waals surface area contributed by atoms with Crippen LogP contribution in [0.15, 0.2) is 24.3 Å². The summed E-state index contributed by atoms with van der Waals surface area (Å²) < 4.78 is 17.7. The molecule has 10 nitrogen and oxygen atoms in total. The van der Waals surface area contributed by atoms with Gasteiger partial charge >= 0.3 is 13.6 Å². The number of carboxylic acids is 1. The molecule has 0 saturated carbocycles. The molecule has 0 spiro atoms. The summed E-state index contributed by atoms with van der Waals surface area (Å²) in [5.41, 5.74) is 0.361. The minimum Gasteiger partial charge on any atom is -0.481 e. The van der Waals surface area contributed by atoms with Crippen molar-refractivity contribution in [3.63, 3.8) is 0 Å². The van der Waals surface area contributed by atoms with E-state index in [4.69, 9.17) is 9.63 Å². The number of nitrogens with zero attached hydrogens (tertiary/aromatic N) is 2. The Kier molecular flexibility index (Phi) is 7.68. The zero-order valence-electron chi connectivity index (χ0n) is 15.2. The van der Waals surface area contributed by atoms with Crippen LogP contribution in [0.25, 0.3) is 0 Å². The molecule has 2 N–H and O–H groups in total. The summed E-state index contributed by atoms with van der Waals surface area (Å²) in [6.45, 7) is 0.766. The van der Waals surface area contributed by atoms with Crippen molar-refractivity contribution in [3.05, 3.63) is 39.9 Å². The molecular formula is C17H23N2O8P. The Morgan fingerprint density at radius 2 is 1.82 bits per heavy atom. The number of carbonyl (C=O) groups is 2. The largest absolute Gasteiger partial charge is 0.481 e. The number of carbonyl (C=O) groups excluding carboxylic acids is 1. The van der Waals surface area contributed by atoms with Gasteiger partial charge in [0.05, 0.1) is 17.2 Å². The first-order chi connectivity index (χ1) is 13.2. The van der Waals surface area contributed by atoms with Gasteiger partial charge in [0.2, 0.25) is 5.91 Å². The van der Waals surface area contributed by atoms with Crippen LogP contribution >= 0.6 is 7.60 Å². The predicted molar refractivity (Wildman–Crippen MR) is 98.8 cm³/mol. The van der Waals surface area contributed by atoms with Crippen molar-refractivity contribution in [1.82, 2.24) is 4.90 Å². The topological polar surface area (TPSA) is 147 Å². The lowest BCUT2D eigenvalue weighted by molar-refractivity contribution is -0.384. The van der Waals surface area contributed by atoms with Gasteiger partial charge in [-0.25, -0.2) is 0 Å². The van der Waals surface area contributed by atoms with Crippen molar-refractivity contribution in [2.45, 2.75) is 44.4 Å². The lowest BCUT2D eigenvalue weighted by Crippen LogP contribution is -2.40. The predicted octanol–water partition coefficient (Wildman–Crippen LogP) is 2.54. The van der Waals surface area contributed by atoms with Crippen molar-refractivity contribution < 1.29 is 33.6 Å². The van der Waals surface area contributed by atoms with E-state index < -0.39 is 24.6 Å². The third-order valence-corrected chi connectivity index (χ3v) is 5.81. The van der Waals surface area contributed by atoms with Gasteiger partial charge in [0, 0.05) is 38.1 Å². The lowest BCUT2D eigenvalue weighted by Gasteiger charge is -2.32. The van der Waals surface area contributed by atoms with Crippen molar-refractivity contribution in [1.29, 1.82) is 0 Å². The third kappa shape index (κ3) is 7.03. The highest BCUT2D eigenvalue weighted by Gasteiger charge is 2.30. The van der Waals surface area contributed by atoms with E-state index in [1.165, 1.54) is 24.3 Å². The Hall–Kier alpha value is -2.29. The first kappa shape index (κ1) is 22.0. The van der Waals surface area contributed by atoms with Crippen LogP contribution < -0.4 is 0 Å². The van der Waals surface area contributed by atoms with Crippen LogP contribution in [-0.2, 0) is 24.8 Å². The number of hydrogen-bond acceptors (Lipinski definition) is 6. The molecule has 0 aliphatic carbocycles. The molecule has 154 valence electrons. The molecule has 1 amide bonds. The molecule has 1 aromatic carbocycles. The van der Waals surface area contributed by atoms with E-state index in [-0.39, 0.29) is 37.0 Å². The highest BCUT2D eigenvalue weighted by Crippen LogP contribution is 2.48. The minimum atomic E-state index is -3.93. The summed E-state index contributed by atoms with van der Waals surface area (Å²) in [5.74, 6) is -1.07. The smallest absolute Gasteiger partial charge is 0.332 e. The molecule has 2 rings (SSSR count). The van der Waals surface area contributed by atoms with Gasteiger partial charge in [0.1, 0.15) is 0 Å². The van der Waals surface area contributed by atoms with Gasteiger partial charge in [-0.05, 0) is 24.8 Å². The standard InChI is InChI=1S/C17H23N2O8P/c20-16(2-1-3-17(21)22)18-10-8-15(9-11-18)27-28(25,26)12-13-4-6-14(7-5-13)19(23)24/h4-7,15H,1-3,8-12H2,(H,21,22)(H,25,26). The Bertz CT molecular complexity index is 759. The number of carboxylic acid groups (broad SMARTS) is 1. The number of piperidine rings is 1. The zero-order chi connectivity index (χ0) is 20.7. The number of nitro groups is 1. The molecule has 1 aliphatic heterocycles. The first-order valence-electron chi connectivity index (χ1n) is 8.89. The van der Waals surface area contributed by atoms with Crippen LogP contribution in [0.1, 0.15) is 37.7 Å². The summed E-state index contributed by atoms with van der Waals surface area (Å²) >= 11 is 0. The van der Waals surface area contributed by atoms with Crippen molar-refractivity contribution in [2.75, 3.05) is 13.1 Å². The van der Waals surface area contributed by atoms with Gasteiger partial charge in [0.15, 0.2) is 0 Å². The highest BCUT2D eigenvalue weighted by molar-refractivity contribution is 7.52. The number of likely N-dealkylation sites (tertiary alicyclic amines) is 1. The monoisotopic (exact) mass is 414 g/mol. The van der Waals surface area contributed by atoms with E-state index in [1.807, 2.05) is 0 Å². The second-order valence-electron chi connectivity index (χ2n) is 6.65. The second kappa shape index (κ2) is 9.77. The van der Waals surface area contributed by atoms with Crippen LogP contribution in [0.2, 0.25) is 0 Å². The van der Waals surface area contributed by atoms with Crippen LogP contribution in [0, 0.1) is 10.1 Å². The van der Waals surface area contributed by atoms with Gasteiger partial charge < -0.3 is 19.4 Å². The van der Waals surface area contributed by atoms with Crippen molar-refractivity contribution >= 4 is 25.2 Å². The van der Waals surface area contributed by atoms with Crippen molar-refractivity contribution in [3.8, 4) is 0 Å².